The van der Waals surface area contributed by atoms with E-state index in [0.29, 0.717) is 38.5 Å². The highest BCUT2D eigenvalue weighted by Crippen LogP contribution is 2.23. The van der Waals surface area contributed by atoms with Gasteiger partial charge in [-0.25, -0.2) is 4.79 Å². The summed E-state index contributed by atoms with van der Waals surface area (Å²) in [6.45, 7) is 9.34. The second-order valence-corrected chi connectivity index (χ2v) is 7.92. The summed E-state index contributed by atoms with van der Waals surface area (Å²) in [6, 6.07) is 11.3. The molecule has 2 aromatic rings. The van der Waals surface area contributed by atoms with Crippen molar-refractivity contribution in [2.24, 2.45) is 0 Å². The molecule has 0 atom stereocenters. The Hall–Kier alpha value is -2.60. The lowest BCUT2D eigenvalue weighted by Crippen LogP contribution is -2.51. The number of piperazine rings is 1. The average Bonchev–Trinajstić information content (AvgIpc) is 3.17. The van der Waals surface area contributed by atoms with Crippen LogP contribution in [0.3, 0.4) is 0 Å². The van der Waals surface area contributed by atoms with Crippen LogP contribution in [0.1, 0.15) is 36.9 Å². The first-order chi connectivity index (χ1) is 12.8. The van der Waals surface area contributed by atoms with Gasteiger partial charge in [0.1, 0.15) is 0 Å². The predicted molar refractivity (Wildman–Crippen MR) is 105 cm³/mol. The molecule has 144 valence electrons. The standard InChI is InChI=1S/C21H27N3O3/c1-21(2,3)16-6-8-17(9-7-16)22-20(26)24-12-10-23(11-13-24)15-18(25)19-5-4-14-27-19/h4-9,14H,10-13,15H2,1-3H3,(H,22,26). The van der Waals surface area contributed by atoms with Crippen LogP contribution < -0.4 is 5.32 Å². The third-order valence-electron chi connectivity index (χ3n) is 4.82. The van der Waals surface area contributed by atoms with E-state index in [9.17, 15) is 9.59 Å². The highest BCUT2D eigenvalue weighted by atomic mass is 16.3. The zero-order valence-corrected chi connectivity index (χ0v) is 16.2. The molecule has 1 aliphatic heterocycles. The summed E-state index contributed by atoms with van der Waals surface area (Å²) >= 11 is 0. The Bertz CT molecular complexity index is 768. The van der Waals surface area contributed by atoms with Gasteiger partial charge in [-0.1, -0.05) is 32.9 Å². The zero-order chi connectivity index (χ0) is 19.4. The van der Waals surface area contributed by atoms with Crippen molar-refractivity contribution in [1.29, 1.82) is 0 Å². The molecule has 2 amide bonds. The molecule has 27 heavy (non-hydrogen) atoms. The maximum absolute atomic E-state index is 12.5. The number of anilines is 1. The van der Waals surface area contributed by atoms with Gasteiger partial charge in [-0.2, -0.15) is 0 Å². The van der Waals surface area contributed by atoms with Crippen molar-refractivity contribution < 1.29 is 14.0 Å². The topological polar surface area (TPSA) is 65.8 Å². The van der Waals surface area contributed by atoms with E-state index in [0.717, 1.165) is 5.69 Å². The van der Waals surface area contributed by atoms with Crippen molar-refractivity contribution in [3.63, 3.8) is 0 Å². The Labute approximate surface area is 160 Å². The first-order valence-corrected chi connectivity index (χ1v) is 9.28. The number of nitrogens with zero attached hydrogens (tertiary/aromatic N) is 2. The summed E-state index contributed by atoms with van der Waals surface area (Å²) in [5.74, 6) is 0.353. The van der Waals surface area contributed by atoms with Gasteiger partial charge in [-0.05, 0) is 35.2 Å². The van der Waals surface area contributed by atoms with Crippen LogP contribution in [0.15, 0.2) is 47.1 Å². The average molecular weight is 369 g/mol. The molecule has 0 spiro atoms. The van der Waals surface area contributed by atoms with Crippen molar-refractivity contribution in [1.82, 2.24) is 9.80 Å². The molecule has 6 heteroatoms. The van der Waals surface area contributed by atoms with Gasteiger partial charge in [0.05, 0.1) is 12.8 Å². The first-order valence-electron chi connectivity index (χ1n) is 9.28. The second kappa shape index (κ2) is 7.96. The van der Waals surface area contributed by atoms with E-state index < -0.39 is 0 Å². The number of Topliss-reactive ketones (excluding diaryl/α,β-unsaturated/α-hetero) is 1. The molecule has 0 saturated carbocycles. The summed E-state index contributed by atoms with van der Waals surface area (Å²) in [7, 11) is 0. The Morgan fingerprint density at radius 1 is 1.04 bits per heavy atom. The Kier molecular flexibility index (Phi) is 5.65. The smallest absolute Gasteiger partial charge is 0.321 e. The fourth-order valence-corrected chi connectivity index (χ4v) is 3.08. The highest BCUT2D eigenvalue weighted by molar-refractivity contribution is 5.95. The summed E-state index contributed by atoms with van der Waals surface area (Å²) in [4.78, 5) is 28.4. The number of urea groups is 1. The van der Waals surface area contributed by atoms with Gasteiger partial charge in [0.15, 0.2) is 5.76 Å². The fraction of sp³-hybridized carbons (Fsp3) is 0.429. The molecule has 0 bridgehead atoms. The molecule has 1 N–H and O–H groups in total. The van der Waals surface area contributed by atoms with Crippen molar-refractivity contribution >= 4 is 17.5 Å². The number of rotatable bonds is 4. The molecular weight excluding hydrogens is 342 g/mol. The van der Waals surface area contributed by atoms with Crippen LogP contribution in [-0.4, -0.2) is 54.3 Å². The third kappa shape index (κ3) is 4.98. The van der Waals surface area contributed by atoms with E-state index in [1.165, 1.54) is 11.8 Å². The molecular formula is C21H27N3O3. The van der Waals surface area contributed by atoms with E-state index in [1.807, 2.05) is 29.2 Å². The fourth-order valence-electron chi connectivity index (χ4n) is 3.08. The van der Waals surface area contributed by atoms with E-state index >= 15 is 0 Å². The lowest BCUT2D eigenvalue weighted by Gasteiger charge is -2.34. The Morgan fingerprint density at radius 3 is 2.26 bits per heavy atom. The van der Waals surface area contributed by atoms with Gasteiger partial charge in [0, 0.05) is 31.9 Å². The molecule has 6 nitrogen and oxygen atoms in total. The van der Waals surface area contributed by atoms with Crippen LogP contribution in [0.2, 0.25) is 0 Å². The van der Waals surface area contributed by atoms with Gasteiger partial charge in [-0.3, -0.25) is 9.69 Å². The van der Waals surface area contributed by atoms with Crippen LogP contribution >= 0.6 is 0 Å². The van der Waals surface area contributed by atoms with Crippen molar-refractivity contribution in [2.45, 2.75) is 26.2 Å². The molecule has 1 aromatic heterocycles. The maximum Gasteiger partial charge on any atom is 0.321 e. The molecule has 1 aromatic carbocycles. The van der Waals surface area contributed by atoms with E-state index in [1.54, 1.807) is 17.0 Å². The minimum absolute atomic E-state index is 0.0307. The number of furan rings is 1. The number of nitrogens with one attached hydrogen (secondary N) is 1. The van der Waals surface area contributed by atoms with E-state index in [-0.39, 0.29) is 17.2 Å². The number of hydrogen-bond acceptors (Lipinski definition) is 4. The highest BCUT2D eigenvalue weighted by Gasteiger charge is 2.23. The number of amides is 2. The van der Waals surface area contributed by atoms with Crippen LogP contribution in [0.25, 0.3) is 0 Å². The predicted octanol–water partition coefficient (Wildman–Crippen LogP) is 3.61. The maximum atomic E-state index is 12.5. The molecule has 3 rings (SSSR count). The summed E-state index contributed by atoms with van der Waals surface area (Å²) < 4.78 is 5.14. The van der Waals surface area contributed by atoms with Gasteiger partial charge in [0.2, 0.25) is 5.78 Å². The molecule has 1 aliphatic rings. The van der Waals surface area contributed by atoms with Gasteiger partial charge >= 0.3 is 6.03 Å². The number of carbonyl (C=O) groups excluding carboxylic acids is 2. The number of ketones is 1. The molecule has 0 aliphatic carbocycles. The Balaban J connectivity index is 1.48. The van der Waals surface area contributed by atoms with Crippen molar-refractivity contribution in [3.05, 3.63) is 54.0 Å². The lowest BCUT2D eigenvalue weighted by molar-refractivity contribution is 0.0857. The van der Waals surface area contributed by atoms with Crippen molar-refractivity contribution in [3.8, 4) is 0 Å². The summed E-state index contributed by atoms with van der Waals surface area (Å²) in [5.41, 5.74) is 2.12. The zero-order valence-electron chi connectivity index (χ0n) is 16.2. The lowest BCUT2D eigenvalue weighted by atomic mass is 9.87. The molecule has 0 radical (unpaired) electrons. The minimum atomic E-state index is -0.101. The van der Waals surface area contributed by atoms with Gasteiger partial charge in [-0.15, -0.1) is 0 Å². The third-order valence-corrected chi connectivity index (χ3v) is 4.82. The first kappa shape index (κ1) is 19.2. The van der Waals surface area contributed by atoms with Crippen molar-refractivity contribution in [2.75, 3.05) is 38.0 Å². The number of carbonyl (C=O) groups is 2. The van der Waals surface area contributed by atoms with Crippen LogP contribution in [0.5, 0.6) is 0 Å². The summed E-state index contributed by atoms with van der Waals surface area (Å²) in [5, 5.41) is 2.95. The molecule has 2 heterocycles. The van der Waals surface area contributed by atoms with Crippen LogP contribution in [0, 0.1) is 0 Å². The van der Waals surface area contributed by atoms with Gasteiger partial charge in [0.25, 0.3) is 0 Å². The molecule has 1 fully saturated rings. The second-order valence-electron chi connectivity index (χ2n) is 7.92. The Morgan fingerprint density at radius 2 is 1.70 bits per heavy atom. The normalized spacial score (nSPS) is 15.6. The van der Waals surface area contributed by atoms with Crippen LogP contribution in [0.4, 0.5) is 10.5 Å². The summed E-state index contributed by atoms with van der Waals surface area (Å²) in [6.07, 6.45) is 1.50. The van der Waals surface area contributed by atoms with E-state index in [4.69, 9.17) is 4.42 Å². The number of hydrogen-bond donors (Lipinski definition) is 1. The SMILES string of the molecule is CC(C)(C)c1ccc(NC(=O)N2CCN(CC(=O)c3ccco3)CC2)cc1. The number of benzene rings is 1. The quantitative estimate of drug-likeness (QED) is 0.836. The van der Waals surface area contributed by atoms with Gasteiger partial charge < -0.3 is 14.6 Å². The molecule has 0 unspecified atom stereocenters. The van der Waals surface area contributed by atoms with Crippen LogP contribution in [-0.2, 0) is 5.41 Å². The largest absolute Gasteiger partial charge is 0.461 e. The van der Waals surface area contributed by atoms with E-state index in [2.05, 4.69) is 26.1 Å². The molecule has 1 saturated heterocycles. The minimum Gasteiger partial charge on any atom is -0.461 e. The monoisotopic (exact) mass is 369 g/mol.